The lowest BCUT2D eigenvalue weighted by molar-refractivity contribution is 0.0784. The van der Waals surface area contributed by atoms with Crippen molar-refractivity contribution in [3.8, 4) is 0 Å². The van der Waals surface area contributed by atoms with Gasteiger partial charge in [-0.25, -0.2) is 0 Å². The fourth-order valence-corrected chi connectivity index (χ4v) is 1.88. The van der Waals surface area contributed by atoms with Crippen molar-refractivity contribution in [2.45, 2.75) is 18.4 Å². The normalized spacial score (nSPS) is 10.4. The molecule has 0 aliphatic rings. The number of carbonyl (C=O) groups excluding carboxylic acids is 1. The molecule has 4 heteroatoms. The van der Waals surface area contributed by atoms with Gasteiger partial charge in [0.2, 0.25) is 0 Å². The van der Waals surface area contributed by atoms with Crippen LogP contribution in [0.25, 0.3) is 0 Å². The van der Waals surface area contributed by atoms with Crippen LogP contribution >= 0.6 is 12.6 Å². The molecule has 0 spiro atoms. The van der Waals surface area contributed by atoms with Gasteiger partial charge >= 0.3 is 0 Å². The maximum atomic E-state index is 12.2. The van der Waals surface area contributed by atoms with E-state index >= 15 is 0 Å². The Morgan fingerprint density at radius 2 is 1.94 bits per heavy atom. The van der Waals surface area contributed by atoms with Crippen LogP contribution in [-0.4, -0.2) is 17.9 Å². The Kier molecular flexibility index (Phi) is 3.77. The molecule has 1 aromatic heterocycles. The number of hydrogen-bond donors (Lipinski definition) is 1. The highest BCUT2D eigenvalue weighted by Gasteiger charge is 2.13. The quantitative estimate of drug-likeness (QED) is 0.861. The number of hydrogen-bond acceptors (Lipinski definition) is 3. The zero-order chi connectivity index (χ0) is 13.1. The number of rotatable bonds is 3. The first-order valence-electron chi connectivity index (χ1n) is 5.65. The van der Waals surface area contributed by atoms with Gasteiger partial charge in [-0.1, -0.05) is 0 Å². The van der Waals surface area contributed by atoms with E-state index in [0.29, 0.717) is 12.1 Å². The van der Waals surface area contributed by atoms with Crippen molar-refractivity contribution in [3.05, 3.63) is 53.5 Å². The average Bonchev–Trinajstić information content (AvgIpc) is 2.75. The second kappa shape index (κ2) is 5.31. The Balaban J connectivity index is 2.09. The molecule has 0 N–H and O–H groups in total. The molecule has 2 aromatic rings. The molecule has 0 atom stereocenters. The number of thiol groups is 1. The molecule has 0 unspecified atom stereocenters. The van der Waals surface area contributed by atoms with Crippen LogP contribution in [0, 0.1) is 6.92 Å². The van der Waals surface area contributed by atoms with Gasteiger partial charge in [0.25, 0.3) is 5.91 Å². The lowest BCUT2D eigenvalue weighted by Gasteiger charge is -2.16. The summed E-state index contributed by atoms with van der Waals surface area (Å²) < 4.78 is 5.22. The van der Waals surface area contributed by atoms with Crippen LogP contribution in [0.3, 0.4) is 0 Å². The Morgan fingerprint density at radius 3 is 2.50 bits per heavy atom. The first-order valence-corrected chi connectivity index (χ1v) is 6.10. The third-order valence-corrected chi connectivity index (χ3v) is 3.13. The van der Waals surface area contributed by atoms with E-state index in [0.717, 1.165) is 16.2 Å². The van der Waals surface area contributed by atoms with E-state index in [1.165, 1.54) is 0 Å². The zero-order valence-electron chi connectivity index (χ0n) is 10.4. The van der Waals surface area contributed by atoms with Gasteiger partial charge in [0.1, 0.15) is 5.76 Å². The molecule has 0 aliphatic heterocycles. The minimum atomic E-state index is -0.0102. The van der Waals surface area contributed by atoms with Gasteiger partial charge in [0, 0.05) is 29.6 Å². The Morgan fingerprint density at radius 1 is 1.28 bits per heavy atom. The van der Waals surface area contributed by atoms with Gasteiger partial charge in [-0.15, -0.1) is 12.6 Å². The largest absolute Gasteiger partial charge is 0.469 e. The Bertz CT molecular complexity index is 545. The molecule has 1 aromatic carbocycles. The average molecular weight is 261 g/mol. The molecule has 0 fully saturated rings. The summed E-state index contributed by atoms with van der Waals surface area (Å²) in [6.07, 6.45) is 1.64. The molecule has 0 bridgehead atoms. The lowest BCUT2D eigenvalue weighted by atomic mass is 10.2. The molecule has 1 heterocycles. The fraction of sp³-hybridized carbons (Fsp3) is 0.214. The predicted octanol–water partition coefficient (Wildman–Crippen LogP) is 3.15. The van der Waals surface area contributed by atoms with Gasteiger partial charge in [0.05, 0.1) is 6.26 Å². The van der Waals surface area contributed by atoms with E-state index in [1.54, 1.807) is 30.3 Å². The number of carbonyl (C=O) groups is 1. The summed E-state index contributed by atoms with van der Waals surface area (Å²) in [4.78, 5) is 14.7. The number of benzene rings is 1. The summed E-state index contributed by atoms with van der Waals surface area (Å²) >= 11 is 4.20. The first kappa shape index (κ1) is 12.8. The van der Waals surface area contributed by atoms with E-state index in [1.807, 2.05) is 25.1 Å². The Hall–Kier alpha value is -1.68. The first-order chi connectivity index (χ1) is 8.58. The van der Waals surface area contributed by atoms with Crippen molar-refractivity contribution in [3.63, 3.8) is 0 Å². The fourth-order valence-electron chi connectivity index (χ4n) is 1.73. The van der Waals surface area contributed by atoms with Crippen LogP contribution in [0.15, 0.2) is 45.9 Å². The number of furan rings is 1. The summed E-state index contributed by atoms with van der Waals surface area (Å²) in [6.45, 7) is 2.44. The highest BCUT2D eigenvalue weighted by atomic mass is 32.1. The molecular formula is C14H15NO2S. The van der Waals surface area contributed by atoms with Gasteiger partial charge in [-0.3, -0.25) is 4.79 Å². The summed E-state index contributed by atoms with van der Waals surface area (Å²) in [6, 6.07) is 9.07. The van der Waals surface area contributed by atoms with Crippen molar-refractivity contribution >= 4 is 18.5 Å². The maximum Gasteiger partial charge on any atom is 0.253 e. The molecule has 0 saturated carbocycles. The SMILES string of the molecule is Cc1occc1CN(C)C(=O)c1ccc(S)cc1. The number of nitrogens with zero attached hydrogens (tertiary/aromatic N) is 1. The molecule has 2 rings (SSSR count). The van der Waals surface area contributed by atoms with Crippen LogP contribution in [0.4, 0.5) is 0 Å². The van der Waals surface area contributed by atoms with Crippen LogP contribution in [-0.2, 0) is 6.54 Å². The minimum Gasteiger partial charge on any atom is -0.469 e. The van der Waals surface area contributed by atoms with Crippen LogP contribution in [0.2, 0.25) is 0 Å². The summed E-state index contributed by atoms with van der Waals surface area (Å²) in [5.41, 5.74) is 1.69. The van der Waals surface area contributed by atoms with E-state index < -0.39 is 0 Å². The predicted molar refractivity (Wildman–Crippen MR) is 72.9 cm³/mol. The van der Waals surface area contributed by atoms with E-state index in [4.69, 9.17) is 4.42 Å². The van der Waals surface area contributed by atoms with Gasteiger partial charge in [-0.05, 0) is 37.3 Å². The van der Waals surface area contributed by atoms with Crippen molar-refractivity contribution in [2.75, 3.05) is 7.05 Å². The van der Waals surface area contributed by atoms with Gasteiger partial charge < -0.3 is 9.32 Å². The molecule has 0 aliphatic carbocycles. The molecular weight excluding hydrogens is 246 g/mol. The van der Waals surface area contributed by atoms with E-state index in [-0.39, 0.29) is 5.91 Å². The molecule has 0 saturated heterocycles. The van der Waals surface area contributed by atoms with Gasteiger partial charge in [-0.2, -0.15) is 0 Å². The third-order valence-electron chi connectivity index (χ3n) is 2.83. The van der Waals surface area contributed by atoms with Crippen molar-refractivity contribution in [1.82, 2.24) is 4.90 Å². The summed E-state index contributed by atoms with van der Waals surface area (Å²) in [5.74, 6) is 0.837. The molecule has 3 nitrogen and oxygen atoms in total. The Labute approximate surface area is 112 Å². The topological polar surface area (TPSA) is 33.5 Å². The monoisotopic (exact) mass is 261 g/mol. The molecule has 0 radical (unpaired) electrons. The molecule has 94 valence electrons. The highest BCUT2D eigenvalue weighted by molar-refractivity contribution is 7.80. The molecule has 1 amide bonds. The van der Waals surface area contributed by atoms with Gasteiger partial charge in [0.15, 0.2) is 0 Å². The second-order valence-corrected chi connectivity index (χ2v) is 4.73. The van der Waals surface area contributed by atoms with E-state index in [2.05, 4.69) is 12.6 Å². The van der Waals surface area contributed by atoms with Crippen molar-refractivity contribution in [1.29, 1.82) is 0 Å². The molecule has 18 heavy (non-hydrogen) atoms. The number of aryl methyl sites for hydroxylation is 1. The van der Waals surface area contributed by atoms with E-state index in [9.17, 15) is 4.79 Å². The standard InChI is InChI=1S/C14H15NO2S/c1-10-12(7-8-17-10)9-15(2)14(16)11-3-5-13(18)6-4-11/h3-8,18H,9H2,1-2H3. The third kappa shape index (κ3) is 2.76. The van der Waals surface area contributed by atoms with Crippen LogP contribution in [0.5, 0.6) is 0 Å². The lowest BCUT2D eigenvalue weighted by Crippen LogP contribution is -2.26. The maximum absolute atomic E-state index is 12.2. The number of amides is 1. The summed E-state index contributed by atoms with van der Waals surface area (Å²) in [7, 11) is 1.78. The smallest absolute Gasteiger partial charge is 0.253 e. The van der Waals surface area contributed by atoms with Crippen molar-refractivity contribution < 1.29 is 9.21 Å². The van der Waals surface area contributed by atoms with Crippen molar-refractivity contribution in [2.24, 2.45) is 0 Å². The van der Waals surface area contributed by atoms with Crippen LogP contribution < -0.4 is 0 Å². The minimum absolute atomic E-state index is 0.0102. The second-order valence-electron chi connectivity index (χ2n) is 4.21. The summed E-state index contributed by atoms with van der Waals surface area (Å²) in [5, 5.41) is 0. The van der Waals surface area contributed by atoms with Crippen LogP contribution in [0.1, 0.15) is 21.7 Å². The highest BCUT2D eigenvalue weighted by Crippen LogP contribution is 2.14. The zero-order valence-corrected chi connectivity index (χ0v) is 11.3.